The van der Waals surface area contributed by atoms with Crippen LogP contribution in [0.2, 0.25) is 0 Å². The lowest BCUT2D eigenvalue weighted by Crippen LogP contribution is -2.14. The van der Waals surface area contributed by atoms with Gasteiger partial charge in [0.1, 0.15) is 5.75 Å². The molecule has 0 N–H and O–H groups in total. The van der Waals surface area contributed by atoms with Crippen molar-refractivity contribution in [2.24, 2.45) is 0 Å². The first kappa shape index (κ1) is 21.3. The third kappa shape index (κ3) is 6.30. The van der Waals surface area contributed by atoms with Gasteiger partial charge >= 0.3 is 11.9 Å². The Kier molecular flexibility index (Phi) is 8.34. The van der Waals surface area contributed by atoms with Crippen LogP contribution in [0.15, 0.2) is 42.5 Å². The molecule has 0 unspecified atom stereocenters. The largest absolute Gasteiger partial charge is 0.490 e. The van der Waals surface area contributed by atoms with Gasteiger partial charge in [0.15, 0.2) is 11.5 Å². The number of rotatable bonds is 10. The highest BCUT2D eigenvalue weighted by Crippen LogP contribution is 2.29. The highest BCUT2D eigenvalue weighted by molar-refractivity contribution is 5.77. The lowest BCUT2D eigenvalue weighted by Gasteiger charge is -2.13. The maximum absolute atomic E-state index is 12.4. The Morgan fingerprint density at radius 3 is 2.18 bits per heavy atom. The van der Waals surface area contributed by atoms with E-state index in [9.17, 15) is 9.59 Å². The molecule has 2 aromatic rings. The molecule has 0 spiro atoms. The van der Waals surface area contributed by atoms with Gasteiger partial charge in [0.05, 0.1) is 32.7 Å². The molecule has 150 valence electrons. The second-order valence-corrected chi connectivity index (χ2v) is 5.89. The highest BCUT2D eigenvalue weighted by atomic mass is 16.5. The Balaban J connectivity index is 2.08. The van der Waals surface area contributed by atoms with E-state index in [0.29, 0.717) is 42.6 Å². The molecule has 0 saturated carbocycles. The van der Waals surface area contributed by atoms with Gasteiger partial charge in [-0.1, -0.05) is 24.3 Å². The minimum Gasteiger partial charge on any atom is -0.490 e. The van der Waals surface area contributed by atoms with Crippen LogP contribution in [0.4, 0.5) is 0 Å². The Morgan fingerprint density at radius 2 is 1.46 bits per heavy atom. The van der Waals surface area contributed by atoms with Gasteiger partial charge in [-0.3, -0.25) is 9.59 Å². The van der Waals surface area contributed by atoms with Gasteiger partial charge < -0.3 is 18.9 Å². The van der Waals surface area contributed by atoms with E-state index in [1.165, 1.54) is 0 Å². The van der Waals surface area contributed by atoms with E-state index in [-0.39, 0.29) is 18.8 Å². The molecule has 0 aliphatic heterocycles. The molecule has 0 aliphatic carbocycles. The smallest absolute Gasteiger partial charge is 0.315 e. The molecule has 0 aromatic heterocycles. The maximum Gasteiger partial charge on any atom is 0.315 e. The molecule has 0 saturated heterocycles. The molecule has 2 rings (SSSR count). The summed E-state index contributed by atoms with van der Waals surface area (Å²) >= 11 is 0. The maximum atomic E-state index is 12.4. The molecule has 0 radical (unpaired) electrons. The zero-order valence-electron chi connectivity index (χ0n) is 16.5. The van der Waals surface area contributed by atoms with Crippen LogP contribution in [-0.4, -0.2) is 31.8 Å². The first-order valence-electron chi connectivity index (χ1n) is 9.40. The summed E-state index contributed by atoms with van der Waals surface area (Å²) in [5, 5.41) is 0. The average Bonchev–Trinajstić information content (AvgIpc) is 2.66. The molecule has 0 amide bonds. The van der Waals surface area contributed by atoms with Gasteiger partial charge in [-0.2, -0.15) is 0 Å². The predicted molar refractivity (Wildman–Crippen MR) is 105 cm³/mol. The molecule has 0 heterocycles. The summed E-state index contributed by atoms with van der Waals surface area (Å²) in [6, 6.07) is 12.3. The van der Waals surface area contributed by atoms with Crippen molar-refractivity contribution in [2.45, 2.75) is 33.6 Å². The number of carbonyl (C=O) groups is 2. The molecule has 0 bridgehead atoms. The summed E-state index contributed by atoms with van der Waals surface area (Å²) in [5.74, 6) is 0.803. The third-order valence-corrected chi connectivity index (χ3v) is 3.79. The summed E-state index contributed by atoms with van der Waals surface area (Å²) in [6.45, 7) is 6.86. The van der Waals surface area contributed by atoms with Crippen LogP contribution in [0.25, 0.3) is 0 Å². The molecule has 2 aromatic carbocycles. The van der Waals surface area contributed by atoms with E-state index in [0.717, 1.165) is 5.56 Å². The van der Waals surface area contributed by atoms with Crippen LogP contribution in [0.5, 0.6) is 17.2 Å². The van der Waals surface area contributed by atoms with Gasteiger partial charge in [-0.15, -0.1) is 0 Å². The van der Waals surface area contributed by atoms with Crippen molar-refractivity contribution < 1.29 is 28.5 Å². The number of esters is 2. The number of para-hydroxylation sites is 1. The van der Waals surface area contributed by atoms with Crippen molar-refractivity contribution in [3.05, 3.63) is 53.6 Å². The standard InChI is InChI=1S/C22H26O6/c1-4-25-19-12-11-16(13-20(19)26-5-2)14-22(24)28-18-10-8-7-9-17(18)15-21(23)27-6-3/h7-13H,4-6,14-15H2,1-3H3. The van der Waals surface area contributed by atoms with E-state index in [1.807, 2.05) is 13.8 Å². The summed E-state index contributed by atoms with van der Waals surface area (Å²) in [5.41, 5.74) is 1.36. The normalized spacial score (nSPS) is 10.2. The van der Waals surface area contributed by atoms with Crippen LogP contribution in [0, 0.1) is 0 Å². The Labute approximate surface area is 165 Å². The molecule has 28 heavy (non-hydrogen) atoms. The topological polar surface area (TPSA) is 71.1 Å². The van der Waals surface area contributed by atoms with Crippen LogP contribution in [0.3, 0.4) is 0 Å². The van der Waals surface area contributed by atoms with Gasteiger partial charge in [-0.05, 0) is 44.5 Å². The van der Waals surface area contributed by atoms with E-state index in [1.54, 1.807) is 49.4 Å². The number of carbonyl (C=O) groups excluding carboxylic acids is 2. The van der Waals surface area contributed by atoms with Crippen molar-refractivity contribution in [3.63, 3.8) is 0 Å². The minimum absolute atomic E-state index is 0.0504. The summed E-state index contributed by atoms with van der Waals surface area (Å²) in [7, 11) is 0. The third-order valence-electron chi connectivity index (χ3n) is 3.79. The van der Waals surface area contributed by atoms with Crippen LogP contribution in [0.1, 0.15) is 31.9 Å². The fraction of sp³-hybridized carbons (Fsp3) is 0.364. The van der Waals surface area contributed by atoms with Crippen LogP contribution < -0.4 is 14.2 Å². The van der Waals surface area contributed by atoms with Crippen LogP contribution >= 0.6 is 0 Å². The average molecular weight is 386 g/mol. The Bertz CT molecular complexity index is 799. The Morgan fingerprint density at radius 1 is 0.750 bits per heavy atom. The number of hydrogen-bond donors (Lipinski definition) is 0. The number of benzene rings is 2. The zero-order valence-corrected chi connectivity index (χ0v) is 16.5. The Hall–Kier alpha value is -3.02. The number of hydrogen-bond acceptors (Lipinski definition) is 6. The molecule has 6 nitrogen and oxygen atoms in total. The first-order valence-corrected chi connectivity index (χ1v) is 9.40. The SMILES string of the molecule is CCOC(=O)Cc1ccccc1OC(=O)Cc1ccc(OCC)c(OCC)c1. The lowest BCUT2D eigenvalue weighted by molar-refractivity contribution is -0.142. The van der Waals surface area contributed by atoms with E-state index < -0.39 is 5.97 Å². The van der Waals surface area contributed by atoms with Gasteiger partial charge in [0.2, 0.25) is 0 Å². The van der Waals surface area contributed by atoms with Gasteiger partial charge in [-0.25, -0.2) is 0 Å². The van der Waals surface area contributed by atoms with Crippen molar-refractivity contribution >= 4 is 11.9 Å². The summed E-state index contributed by atoms with van der Waals surface area (Å²) in [6.07, 6.45) is 0.120. The van der Waals surface area contributed by atoms with E-state index in [4.69, 9.17) is 18.9 Å². The molecular weight excluding hydrogens is 360 g/mol. The summed E-state index contributed by atoms with van der Waals surface area (Å²) < 4.78 is 21.6. The van der Waals surface area contributed by atoms with Crippen molar-refractivity contribution in [2.75, 3.05) is 19.8 Å². The van der Waals surface area contributed by atoms with Crippen molar-refractivity contribution in [1.29, 1.82) is 0 Å². The molecule has 0 atom stereocenters. The van der Waals surface area contributed by atoms with E-state index >= 15 is 0 Å². The zero-order chi connectivity index (χ0) is 20.4. The second kappa shape index (κ2) is 11.0. The highest BCUT2D eigenvalue weighted by Gasteiger charge is 2.14. The quantitative estimate of drug-likeness (QED) is 0.458. The van der Waals surface area contributed by atoms with E-state index in [2.05, 4.69) is 0 Å². The molecule has 0 aliphatic rings. The van der Waals surface area contributed by atoms with Crippen molar-refractivity contribution in [1.82, 2.24) is 0 Å². The molecular formula is C22H26O6. The summed E-state index contributed by atoms with van der Waals surface area (Å²) in [4.78, 5) is 24.2. The van der Waals surface area contributed by atoms with Crippen molar-refractivity contribution in [3.8, 4) is 17.2 Å². The fourth-order valence-corrected chi connectivity index (χ4v) is 2.65. The first-order chi connectivity index (χ1) is 13.6. The monoisotopic (exact) mass is 386 g/mol. The van der Waals surface area contributed by atoms with Gasteiger partial charge in [0.25, 0.3) is 0 Å². The lowest BCUT2D eigenvalue weighted by atomic mass is 10.1. The van der Waals surface area contributed by atoms with Crippen LogP contribution in [-0.2, 0) is 27.2 Å². The minimum atomic E-state index is -0.428. The molecule has 0 fully saturated rings. The molecule has 6 heteroatoms. The predicted octanol–water partition coefficient (Wildman–Crippen LogP) is 3.74. The van der Waals surface area contributed by atoms with Gasteiger partial charge in [0, 0.05) is 5.56 Å². The fourth-order valence-electron chi connectivity index (χ4n) is 2.65. The second-order valence-electron chi connectivity index (χ2n) is 5.89. The number of ether oxygens (including phenoxy) is 4.